The third-order valence-corrected chi connectivity index (χ3v) is 2.09. The van der Waals surface area contributed by atoms with Gasteiger partial charge < -0.3 is 15.2 Å². The summed E-state index contributed by atoms with van der Waals surface area (Å²) in [6.45, 7) is 0.353. The van der Waals surface area contributed by atoms with Crippen molar-refractivity contribution in [3.63, 3.8) is 0 Å². The highest BCUT2D eigenvalue weighted by molar-refractivity contribution is 5.65. The first-order valence-electron chi connectivity index (χ1n) is 4.84. The summed E-state index contributed by atoms with van der Waals surface area (Å²) >= 11 is 0. The van der Waals surface area contributed by atoms with Crippen molar-refractivity contribution >= 4 is 6.09 Å². The van der Waals surface area contributed by atoms with Crippen LogP contribution in [0.5, 0.6) is 0 Å². The molecule has 2 N–H and O–H groups in total. The van der Waals surface area contributed by atoms with Gasteiger partial charge in [0.2, 0.25) is 0 Å². The predicted molar refractivity (Wildman–Crippen MR) is 56.3 cm³/mol. The quantitative estimate of drug-likeness (QED) is 0.836. The second-order valence-electron chi connectivity index (χ2n) is 3.23. The molecule has 1 atom stereocenters. The van der Waals surface area contributed by atoms with Crippen molar-refractivity contribution in [3.05, 3.63) is 35.6 Å². The Hall–Kier alpha value is -1.62. The highest BCUT2D eigenvalue weighted by Crippen LogP contribution is 2.23. The number of methoxy groups -OCH3 is 1. The summed E-state index contributed by atoms with van der Waals surface area (Å²) in [6.07, 6.45) is -1.27. The van der Waals surface area contributed by atoms with Crippen LogP contribution in [0.1, 0.15) is 18.1 Å². The van der Waals surface area contributed by atoms with Crippen molar-refractivity contribution in [3.8, 4) is 0 Å². The number of benzene rings is 1. The molecule has 0 fully saturated rings. The number of carbonyl (C=O) groups excluding carboxylic acids is 1. The zero-order chi connectivity index (χ0) is 12.0. The normalized spacial score (nSPS) is 12.1. The van der Waals surface area contributed by atoms with Crippen molar-refractivity contribution in [2.24, 2.45) is 5.73 Å². The van der Waals surface area contributed by atoms with Crippen LogP contribution in [0.25, 0.3) is 0 Å². The van der Waals surface area contributed by atoms with Crippen molar-refractivity contribution in [2.45, 2.75) is 12.5 Å². The zero-order valence-corrected chi connectivity index (χ0v) is 8.98. The van der Waals surface area contributed by atoms with Crippen molar-refractivity contribution in [2.75, 3.05) is 13.7 Å². The minimum absolute atomic E-state index is 0.304. The van der Waals surface area contributed by atoms with Gasteiger partial charge in [0.1, 0.15) is 11.9 Å². The van der Waals surface area contributed by atoms with E-state index in [0.29, 0.717) is 18.6 Å². The van der Waals surface area contributed by atoms with Gasteiger partial charge in [-0.3, -0.25) is 0 Å². The van der Waals surface area contributed by atoms with Gasteiger partial charge in [0.25, 0.3) is 0 Å². The molecule has 0 aliphatic rings. The third kappa shape index (κ3) is 3.51. The molecule has 0 aliphatic heterocycles. The highest BCUT2D eigenvalue weighted by atomic mass is 19.1. The van der Waals surface area contributed by atoms with Crippen LogP contribution in [0.3, 0.4) is 0 Å². The lowest BCUT2D eigenvalue weighted by molar-refractivity contribution is 0.0757. The molecule has 1 aromatic rings. The molecule has 88 valence electrons. The molecule has 0 unspecified atom stereocenters. The van der Waals surface area contributed by atoms with Crippen molar-refractivity contribution < 1.29 is 18.7 Å². The van der Waals surface area contributed by atoms with E-state index in [1.807, 2.05) is 0 Å². The maximum absolute atomic E-state index is 13.4. The molecular formula is C11H14FNO3. The lowest BCUT2D eigenvalue weighted by Crippen LogP contribution is -2.19. The topological polar surface area (TPSA) is 61.6 Å². The van der Waals surface area contributed by atoms with Crippen LogP contribution in [0.2, 0.25) is 0 Å². The van der Waals surface area contributed by atoms with Crippen molar-refractivity contribution in [1.29, 1.82) is 0 Å². The second-order valence-corrected chi connectivity index (χ2v) is 3.23. The first-order chi connectivity index (χ1) is 7.65. The molecule has 0 radical (unpaired) electrons. The first kappa shape index (κ1) is 12.4. The van der Waals surface area contributed by atoms with Crippen molar-refractivity contribution in [1.82, 2.24) is 0 Å². The van der Waals surface area contributed by atoms with Crippen LogP contribution in [-0.2, 0) is 9.47 Å². The lowest BCUT2D eigenvalue weighted by Gasteiger charge is -2.17. The number of carbonyl (C=O) groups is 1. The lowest BCUT2D eigenvalue weighted by atomic mass is 10.1. The second kappa shape index (κ2) is 6.07. The summed E-state index contributed by atoms with van der Waals surface area (Å²) in [6, 6.07) is 6.09. The summed E-state index contributed by atoms with van der Waals surface area (Å²) in [5.74, 6) is -0.426. The molecule has 4 nitrogen and oxygen atoms in total. The van der Waals surface area contributed by atoms with Crippen LogP contribution >= 0.6 is 0 Å². The Morgan fingerprint density at radius 2 is 2.19 bits per heavy atom. The number of rotatable bonds is 5. The van der Waals surface area contributed by atoms with Crippen LogP contribution in [0.15, 0.2) is 24.3 Å². The number of hydrogen-bond donors (Lipinski definition) is 1. The smallest absolute Gasteiger partial charge is 0.405 e. The molecule has 0 aromatic heterocycles. The molecule has 16 heavy (non-hydrogen) atoms. The third-order valence-electron chi connectivity index (χ3n) is 2.09. The number of halogens is 1. The van der Waals surface area contributed by atoms with Crippen LogP contribution in [-0.4, -0.2) is 19.8 Å². The summed E-state index contributed by atoms with van der Waals surface area (Å²) < 4.78 is 23.1. The number of nitrogens with two attached hydrogens (primary N) is 1. The van der Waals surface area contributed by atoms with E-state index in [-0.39, 0.29) is 0 Å². The number of primary amides is 1. The average Bonchev–Trinajstić information content (AvgIpc) is 2.24. The van der Waals surface area contributed by atoms with Gasteiger partial charge in [-0.1, -0.05) is 18.2 Å². The molecule has 1 aromatic carbocycles. The maximum Gasteiger partial charge on any atom is 0.405 e. The Morgan fingerprint density at radius 1 is 1.50 bits per heavy atom. The summed E-state index contributed by atoms with van der Waals surface area (Å²) in [5, 5.41) is 0. The molecule has 0 bridgehead atoms. The van der Waals surface area contributed by atoms with E-state index in [1.54, 1.807) is 18.2 Å². The summed E-state index contributed by atoms with van der Waals surface area (Å²) in [4.78, 5) is 10.7. The molecule has 0 heterocycles. The Bertz CT molecular complexity index is 357. The highest BCUT2D eigenvalue weighted by Gasteiger charge is 2.18. The molecule has 0 saturated heterocycles. The number of ether oxygens (including phenoxy) is 2. The number of amides is 1. The molecule has 1 amide bonds. The van der Waals surface area contributed by atoms with E-state index >= 15 is 0 Å². The van der Waals surface area contributed by atoms with E-state index in [4.69, 9.17) is 15.2 Å². The van der Waals surface area contributed by atoms with E-state index in [1.165, 1.54) is 13.2 Å². The zero-order valence-electron chi connectivity index (χ0n) is 8.98. The summed E-state index contributed by atoms with van der Waals surface area (Å²) in [5.41, 5.74) is 5.23. The Labute approximate surface area is 93.2 Å². The molecule has 1 rings (SSSR count). The van der Waals surface area contributed by atoms with Gasteiger partial charge in [-0.2, -0.15) is 0 Å². The Balaban J connectivity index is 2.82. The molecule has 0 saturated carbocycles. The van der Waals surface area contributed by atoms with E-state index in [2.05, 4.69) is 0 Å². The molecule has 5 heteroatoms. The first-order valence-corrected chi connectivity index (χ1v) is 4.84. The standard InChI is InChI=1S/C11H14FNO3/c1-15-7-6-10(16-11(13)14)8-4-2-3-5-9(8)12/h2-5,10H,6-7H2,1H3,(H2,13,14)/t10-/m0/s1. The predicted octanol–water partition coefficient (Wildman–Crippen LogP) is 2.00. The molecule has 0 aliphatic carbocycles. The van der Waals surface area contributed by atoms with Gasteiger partial charge in [0, 0.05) is 19.1 Å². The monoisotopic (exact) mass is 227 g/mol. The van der Waals surface area contributed by atoms with Crippen LogP contribution < -0.4 is 5.73 Å². The minimum Gasteiger partial charge on any atom is -0.441 e. The molecule has 0 spiro atoms. The largest absolute Gasteiger partial charge is 0.441 e. The maximum atomic E-state index is 13.4. The number of hydrogen-bond acceptors (Lipinski definition) is 3. The van der Waals surface area contributed by atoms with Gasteiger partial charge >= 0.3 is 6.09 Å². The summed E-state index contributed by atoms with van der Waals surface area (Å²) in [7, 11) is 1.52. The van der Waals surface area contributed by atoms with E-state index in [0.717, 1.165) is 0 Å². The SMILES string of the molecule is COCC[C@H](OC(N)=O)c1ccccc1F. The van der Waals surface area contributed by atoms with Gasteiger partial charge in [0.05, 0.1) is 6.61 Å². The fraction of sp³-hybridized carbons (Fsp3) is 0.364. The van der Waals surface area contributed by atoms with Gasteiger partial charge in [-0.05, 0) is 6.07 Å². The fourth-order valence-corrected chi connectivity index (χ4v) is 1.38. The van der Waals surface area contributed by atoms with Gasteiger partial charge in [0.15, 0.2) is 0 Å². The molecular weight excluding hydrogens is 213 g/mol. The van der Waals surface area contributed by atoms with E-state index < -0.39 is 18.0 Å². The van der Waals surface area contributed by atoms with Crippen LogP contribution in [0.4, 0.5) is 9.18 Å². The average molecular weight is 227 g/mol. The van der Waals surface area contributed by atoms with E-state index in [9.17, 15) is 9.18 Å². The van der Waals surface area contributed by atoms with Gasteiger partial charge in [-0.25, -0.2) is 9.18 Å². The van der Waals surface area contributed by atoms with Gasteiger partial charge in [-0.15, -0.1) is 0 Å². The Kier molecular flexibility index (Phi) is 4.72. The van der Waals surface area contributed by atoms with Crippen LogP contribution in [0, 0.1) is 5.82 Å². The Morgan fingerprint density at radius 3 is 2.75 bits per heavy atom. The minimum atomic E-state index is -0.927. The fourth-order valence-electron chi connectivity index (χ4n) is 1.38.